The van der Waals surface area contributed by atoms with Crippen LogP contribution in [0.4, 0.5) is 0 Å². The number of hydrogen-bond acceptors (Lipinski definition) is 14. The molecule has 0 aromatic heterocycles. The molecule has 0 bridgehead atoms. The van der Waals surface area contributed by atoms with Gasteiger partial charge in [-0.3, -0.25) is 0 Å². The minimum atomic E-state index is -1.85. The van der Waals surface area contributed by atoms with Crippen molar-refractivity contribution in [3.63, 3.8) is 0 Å². The Hall–Kier alpha value is -0.200. The second-order valence-electron chi connectivity index (χ2n) is 5.48. The monoisotopic (exact) mass is 426 g/mol. The summed E-state index contributed by atoms with van der Waals surface area (Å²) in [6.07, 6.45) is -18.0. The molecule has 0 saturated carbocycles. The summed E-state index contributed by atoms with van der Waals surface area (Å²) >= 11 is 0. The quantitative estimate of drug-likeness (QED) is 0.191. The van der Waals surface area contributed by atoms with E-state index in [-0.39, 0.29) is 37.7 Å². The first-order valence-electron chi connectivity index (χ1n) is 7.07. The van der Waals surface area contributed by atoms with Crippen molar-refractivity contribution < 1.29 is 70.1 Å². The maximum atomic E-state index is 10.3. The van der Waals surface area contributed by atoms with Gasteiger partial charge in [-0.25, -0.2) is 0 Å². The number of rotatable bonds is 2. The van der Waals surface area contributed by atoms with Crippen LogP contribution >= 0.6 is 0 Å². The zero-order valence-electron chi connectivity index (χ0n) is 13.5. The number of aliphatic carboxylic acids is 2. The van der Waals surface area contributed by atoms with E-state index in [1.807, 2.05) is 0 Å². The Morgan fingerprint density at radius 3 is 1.04 bits per heavy atom. The summed E-state index contributed by atoms with van der Waals surface area (Å²) in [5.41, 5.74) is 0. The predicted molar refractivity (Wildman–Crippen MR) is 73.6 cm³/mol. The Kier molecular flexibility index (Phi) is 11.0. The maximum absolute atomic E-state index is 10.3. The number of ether oxygens (including phenoxy) is 2. The molecule has 0 spiro atoms. The zero-order valence-corrected chi connectivity index (χ0v) is 15.7. The molecule has 2 heterocycles. The van der Waals surface area contributed by atoms with Gasteiger partial charge in [-0.2, -0.15) is 0 Å². The fourth-order valence-corrected chi connectivity index (χ4v) is 2.11. The van der Waals surface area contributed by atoms with Gasteiger partial charge >= 0.3 is 37.7 Å². The summed E-state index contributed by atoms with van der Waals surface area (Å²) < 4.78 is 8.55. The van der Waals surface area contributed by atoms with E-state index in [1.165, 1.54) is 0 Å². The van der Waals surface area contributed by atoms with E-state index in [0.717, 1.165) is 0 Å². The third-order valence-corrected chi connectivity index (χ3v) is 3.64. The molecular formula is C12H18CaO14. The van der Waals surface area contributed by atoms with Crippen LogP contribution in [0.15, 0.2) is 0 Å². The number of carboxylic acids is 2. The number of carbonyl (C=O) groups is 2. The fraction of sp³-hybridized carbons (Fsp3) is 0.833. The molecule has 152 valence electrons. The van der Waals surface area contributed by atoms with Gasteiger partial charge in [-0.15, -0.1) is 0 Å². The molecule has 2 aliphatic heterocycles. The van der Waals surface area contributed by atoms with Crippen LogP contribution in [0.2, 0.25) is 0 Å². The van der Waals surface area contributed by atoms with Gasteiger partial charge in [-0.05, 0) is 0 Å². The van der Waals surface area contributed by atoms with Gasteiger partial charge in [0.05, 0.1) is 11.9 Å². The average Bonchev–Trinajstić information content (AvgIpc) is 2.57. The van der Waals surface area contributed by atoms with Crippen molar-refractivity contribution in [2.24, 2.45) is 0 Å². The molecule has 0 radical (unpaired) electrons. The van der Waals surface area contributed by atoms with Gasteiger partial charge < -0.3 is 70.1 Å². The van der Waals surface area contributed by atoms with Crippen LogP contribution in [0.25, 0.3) is 0 Å². The van der Waals surface area contributed by atoms with Crippen molar-refractivity contribution >= 4 is 49.7 Å². The Bertz CT molecular complexity index is 460. The fourth-order valence-electron chi connectivity index (χ4n) is 2.11. The first-order chi connectivity index (χ1) is 11.9. The molecule has 8 N–H and O–H groups in total. The maximum Gasteiger partial charge on any atom is 2.00 e. The van der Waals surface area contributed by atoms with Crippen LogP contribution in [0.1, 0.15) is 0 Å². The summed E-state index contributed by atoms with van der Waals surface area (Å²) in [7, 11) is 0. The van der Waals surface area contributed by atoms with Crippen LogP contribution in [0.3, 0.4) is 0 Å². The molecule has 2 aliphatic rings. The van der Waals surface area contributed by atoms with E-state index in [2.05, 4.69) is 9.47 Å². The minimum absolute atomic E-state index is 0. The molecule has 0 amide bonds. The van der Waals surface area contributed by atoms with Gasteiger partial charge in [0, 0.05) is 0 Å². The Balaban J connectivity index is 0.000000483. The number of aliphatic hydroxyl groups excluding tert-OH is 8. The Morgan fingerprint density at radius 1 is 0.556 bits per heavy atom. The minimum Gasteiger partial charge on any atom is -0.547 e. The van der Waals surface area contributed by atoms with Gasteiger partial charge in [-0.1, -0.05) is 0 Å². The molecule has 15 heteroatoms. The van der Waals surface area contributed by atoms with Crippen LogP contribution in [0.5, 0.6) is 0 Å². The summed E-state index contributed by atoms with van der Waals surface area (Å²) in [5, 5.41) is 92.1. The summed E-state index contributed by atoms with van der Waals surface area (Å²) in [6.45, 7) is 0. The SMILES string of the molecule is O=C([O-])C1OC(O)C(O)C(O)C1O.O=C([O-])C1OC(O)C(O)C(O)C1O.[Ca+2]. The molecule has 0 aromatic rings. The Morgan fingerprint density at radius 2 is 0.815 bits per heavy atom. The zero-order chi connectivity index (χ0) is 20.3. The molecule has 27 heavy (non-hydrogen) atoms. The molecule has 2 rings (SSSR count). The van der Waals surface area contributed by atoms with Crippen LogP contribution in [0, 0.1) is 0 Å². The topological polar surface area (TPSA) is 261 Å². The summed E-state index contributed by atoms with van der Waals surface area (Å²) in [6, 6.07) is 0. The van der Waals surface area contributed by atoms with Crippen molar-refractivity contribution in [1.82, 2.24) is 0 Å². The summed E-state index contributed by atoms with van der Waals surface area (Å²) in [5.74, 6) is -3.53. The molecule has 10 atom stereocenters. The van der Waals surface area contributed by atoms with E-state index in [0.29, 0.717) is 0 Å². The van der Waals surface area contributed by atoms with E-state index in [9.17, 15) is 19.8 Å². The predicted octanol–water partition coefficient (Wildman–Crippen LogP) is -9.31. The number of carbonyl (C=O) groups excluding carboxylic acids is 2. The third kappa shape index (κ3) is 6.40. The molecule has 0 aliphatic carbocycles. The van der Waals surface area contributed by atoms with Crippen molar-refractivity contribution in [3.05, 3.63) is 0 Å². The third-order valence-electron chi connectivity index (χ3n) is 3.64. The van der Waals surface area contributed by atoms with E-state index in [1.54, 1.807) is 0 Å². The summed E-state index contributed by atoms with van der Waals surface area (Å²) in [4.78, 5) is 20.5. The van der Waals surface area contributed by atoms with Crippen LogP contribution in [-0.4, -0.2) is 152 Å². The van der Waals surface area contributed by atoms with Gasteiger partial charge in [0.1, 0.15) is 48.8 Å². The molecule has 10 unspecified atom stereocenters. The average molecular weight is 426 g/mol. The smallest absolute Gasteiger partial charge is 0.547 e. The van der Waals surface area contributed by atoms with Gasteiger partial charge in [0.25, 0.3) is 0 Å². The largest absolute Gasteiger partial charge is 2.00 e. The molecular weight excluding hydrogens is 408 g/mol. The van der Waals surface area contributed by atoms with E-state index >= 15 is 0 Å². The number of hydrogen-bond donors (Lipinski definition) is 8. The molecule has 2 fully saturated rings. The molecule has 14 nitrogen and oxygen atoms in total. The first kappa shape index (κ1) is 26.8. The normalized spacial score (nSPS) is 44.3. The van der Waals surface area contributed by atoms with Crippen molar-refractivity contribution in [2.45, 2.75) is 61.4 Å². The van der Waals surface area contributed by atoms with Crippen LogP contribution < -0.4 is 10.2 Å². The second kappa shape index (κ2) is 11.1. The van der Waals surface area contributed by atoms with Crippen LogP contribution in [-0.2, 0) is 19.1 Å². The Labute approximate surface area is 180 Å². The van der Waals surface area contributed by atoms with E-state index < -0.39 is 73.4 Å². The van der Waals surface area contributed by atoms with Crippen molar-refractivity contribution in [2.75, 3.05) is 0 Å². The van der Waals surface area contributed by atoms with Gasteiger partial charge in [0.15, 0.2) is 12.6 Å². The van der Waals surface area contributed by atoms with Crippen molar-refractivity contribution in [1.29, 1.82) is 0 Å². The first-order valence-corrected chi connectivity index (χ1v) is 7.07. The second-order valence-corrected chi connectivity index (χ2v) is 5.48. The number of carboxylic acid groups (broad SMARTS) is 2. The van der Waals surface area contributed by atoms with E-state index in [4.69, 9.17) is 40.9 Å². The van der Waals surface area contributed by atoms with Gasteiger partial charge in [0.2, 0.25) is 0 Å². The van der Waals surface area contributed by atoms with Crippen molar-refractivity contribution in [3.8, 4) is 0 Å². The standard InChI is InChI=1S/2C6H10O7.Ca/c2*7-1-2(8)4(5(10)11)13-6(12)3(1)9;/h2*1-4,6-9,12H,(H,10,11);/q;;+2/p-2. The molecule has 0 aromatic carbocycles. The number of aliphatic hydroxyl groups is 8. The molecule has 2 saturated heterocycles.